The molecule has 4 heteroatoms. The van der Waals surface area contributed by atoms with E-state index in [9.17, 15) is 0 Å². The smallest absolute Gasteiger partial charge is 0.209 e. The Morgan fingerprint density at radius 2 is 1.71 bits per heavy atom. The minimum absolute atomic E-state index is 0.0394. The summed E-state index contributed by atoms with van der Waals surface area (Å²) in [5.74, 6) is 0.858. The molecular weight excluding hydrogens is 366 g/mol. The quantitative estimate of drug-likeness (QED) is 0.435. The lowest BCUT2D eigenvalue weighted by Gasteiger charge is -2.27. The number of allylic oxidation sites excluding steroid dienone is 1. The van der Waals surface area contributed by atoms with Crippen LogP contribution in [-0.2, 0) is 0 Å². The number of nitrogens with zero attached hydrogens (tertiary/aromatic N) is 2. The van der Waals surface area contributed by atoms with E-state index in [1.807, 2.05) is 18.2 Å². The van der Waals surface area contributed by atoms with E-state index in [0.717, 1.165) is 27.7 Å². The Bertz CT molecular complexity index is 1220. The van der Waals surface area contributed by atoms with Gasteiger partial charge in [0.2, 0.25) is 5.95 Å². The molecule has 0 fully saturated rings. The molecule has 0 aliphatic carbocycles. The molecule has 1 unspecified atom stereocenters. The zero-order valence-corrected chi connectivity index (χ0v) is 16.5. The van der Waals surface area contributed by atoms with E-state index in [2.05, 4.69) is 78.3 Å². The molecule has 0 spiro atoms. The van der Waals surface area contributed by atoms with Crippen molar-refractivity contribution in [2.24, 2.45) is 0 Å². The van der Waals surface area contributed by atoms with E-state index < -0.39 is 0 Å². The number of hydrogen-bond acceptors (Lipinski definition) is 2. The third-order valence-corrected chi connectivity index (χ3v) is 5.73. The number of halogens is 1. The van der Waals surface area contributed by atoms with Gasteiger partial charge in [0.25, 0.3) is 0 Å². The topological polar surface area (TPSA) is 29.9 Å². The second kappa shape index (κ2) is 6.54. The fraction of sp³-hybridized carbons (Fsp3) is 0.125. The van der Waals surface area contributed by atoms with Crippen molar-refractivity contribution in [1.82, 2.24) is 9.55 Å². The van der Waals surface area contributed by atoms with Gasteiger partial charge in [0.1, 0.15) is 0 Å². The maximum atomic E-state index is 6.13. The van der Waals surface area contributed by atoms with E-state index in [0.29, 0.717) is 0 Å². The second-order valence-electron chi connectivity index (χ2n) is 7.29. The predicted octanol–water partition coefficient (Wildman–Crippen LogP) is 6.36. The number of para-hydroxylation sites is 2. The summed E-state index contributed by atoms with van der Waals surface area (Å²) in [5.41, 5.74) is 8.09. The Morgan fingerprint density at radius 1 is 0.929 bits per heavy atom. The molecule has 0 saturated heterocycles. The van der Waals surface area contributed by atoms with Gasteiger partial charge in [-0.05, 0) is 72.5 Å². The maximum absolute atomic E-state index is 6.13. The van der Waals surface area contributed by atoms with Crippen LogP contribution < -0.4 is 5.32 Å². The minimum Gasteiger partial charge on any atom is -0.325 e. The van der Waals surface area contributed by atoms with Crippen LogP contribution in [0, 0.1) is 13.8 Å². The summed E-state index contributed by atoms with van der Waals surface area (Å²) in [6, 6.07) is 22.9. The molecule has 0 bridgehead atoms. The van der Waals surface area contributed by atoms with E-state index in [-0.39, 0.29) is 6.04 Å². The lowest BCUT2D eigenvalue weighted by Crippen LogP contribution is -2.19. The van der Waals surface area contributed by atoms with Crippen LogP contribution in [0.1, 0.15) is 28.3 Å². The van der Waals surface area contributed by atoms with Gasteiger partial charge in [0.15, 0.2) is 0 Å². The van der Waals surface area contributed by atoms with E-state index in [4.69, 9.17) is 16.6 Å². The lowest BCUT2D eigenvalue weighted by atomic mass is 9.99. The summed E-state index contributed by atoms with van der Waals surface area (Å²) >= 11 is 6.13. The average molecular weight is 386 g/mol. The van der Waals surface area contributed by atoms with Crippen molar-refractivity contribution in [3.63, 3.8) is 0 Å². The van der Waals surface area contributed by atoms with E-state index in [1.165, 1.54) is 22.3 Å². The molecule has 1 aliphatic rings. The molecule has 5 rings (SSSR count). The van der Waals surface area contributed by atoms with Gasteiger partial charge in [-0.1, -0.05) is 48.0 Å². The summed E-state index contributed by atoms with van der Waals surface area (Å²) in [6.07, 6.45) is 2.27. The van der Waals surface area contributed by atoms with Crippen molar-refractivity contribution < 1.29 is 0 Å². The first kappa shape index (κ1) is 17.1. The third kappa shape index (κ3) is 2.79. The zero-order chi connectivity index (χ0) is 19.3. The lowest BCUT2D eigenvalue weighted by molar-refractivity contribution is 0.720. The molecule has 2 heterocycles. The van der Waals surface area contributed by atoms with E-state index in [1.54, 1.807) is 0 Å². The highest BCUT2D eigenvalue weighted by Gasteiger charge is 2.25. The Labute approximate surface area is 169 Å². The van der Waals surface area contributed by atoms with Gasteiger partial charge >= 0.3 is 0 Å². The van der Waals surface area contributed by atoms with Crippen LogP contribution in [0.3, 0.4) is 0 Å². The average Bonchev–Trinajstić information content (AvgIpc) is 3.08. The maximum Gasteiger partial charge on any atom is 0.209 e. The van der Waals surface area contributed by atoms with Gasteiger partial charge in [-0.25, -0.2) is 4.98 Å². The normalized spacial score (nSPS) is 15.8. The number of nitrogens with one attached hydrogen (secondary N) is 1. The fourth-order valence-electron chi connectivity index (χ4n) is 3.79. The second-order valence-corrected chi connectivity index (χ2v) is 7.73. The molecule has 3 aromatic carbocycles. The summed E-state index contributed by atoms with van der Waals surface area (Å²) in [7, 11) is 0. The number of aryl methyl sites for hydroxylation is 2. The highest BCUT2D eigenvalue weighted by molar-refractivity contribution is 6.30. The van der Waals surface area contributed by atoms with Crippen molar-refractivity contribution >= 4 is 34.3 Å². The van der Waals surface area contributed by atoms with E-state index >= 15 is 0 Å². The fourth-order valence-corrected chi connectivity index (χ4v) is 3.92. The molecule has 0 radical (unpaired) electrons. The van der Waals surface area contributed by atoms with Crippen molar-refractivity contribution in [2.45, 2.75) is 19.9 Å². The van der Waals surface area contributed by atoms with Crippen LogP contribution >= 0.6 is 11.6 Å². The number of aromatic nitrogens is 2. The van der Waals surface area contributed by atoms with Gasteiger partial charge in [0.05, 0.1) is 17.1 Å². The number of benzene rings is 3. The zero-order valence-electron chi connectivity index (χ0n) is 15.8. The molecule has 28 heavy (non-hydrogen) atoms. The van der Waals surface area contributed by atoms with Gasteiger partial charge in [-0.2, -0.15) is 0 Å². The van der Waals surface area contributed by atoms with Gasteiger partial charge in [0, 0.05) is 10.7 Å². The van der Waals surface area contributed by atoms with Crippen LogP contribution in [-0.4, -0.2) is 9.55 Å². The molecule has 0 amide bonds. The molecule has 0 saturated carbocycles. The monoisotopic (exact) mass is 385 g/mol. The first-order valence-electron chi connectivity index (χ1n) is 9.39. The van der Waals surface area contributed by atoms with Crippen LogP contribution in [0.5, 0.6) is 0 Å². The van der Waals surface area contributed by atoms with Gasteiger partial charge in [-0.3, -0.25) is 4.57 Å². The third-order valence-electron chi connectivity index (χ3n) is 5.47. The number of fused-ring (bicyclic) bond motifs is 3. The molecular formula is C24H20ClN3. The van der Waals surface area contributed by atoms with Gasteiger partial charge in [-0.15, -0.1) is 0 Å². The molecule has 1 N–H and O–H groups in total. The number of imidazole rings is 1. The van der Waals surface area contributed by atoms with Crippen LogP contribution in [0.2, 0.25) is 5.02 Å². The summed E-state index contributed by atoms with van der Waals surface area (Å²) in [6.45, 7) is 4.28. The number of hydrogen-bond donors (Lipinski definition) is 1. The summed E-state index contributed by atoms with van der Waals surface area (Å²) in [4.78, 5) is 4.85. The number of anilines is 1. The van der Waals surface area contributed by atoms with Crippen molar-refractivity contribution in [3.05, 3.63) is 100 Å². The van der Waals surface area contributed by atoms with Crippen LogP contribution in [0.15, 0.2) is 72.8 Å². The molecule has 1 aliphatic heterocycles. The Morgan fingerprint density at radius 3 is 2.50 bits per heavy atom. The van der Waals surface area contributed by atoms with Crippen LogP contribution in [0.25, 0.3) is 16.7 Å². The molecule has 4 aromatic rings. The molecule has 3 nitrogen and oxygen atoms in total. The summed E-state index contributed by atoms with van der Waals surface area (Å²) in [5, 5.41) is 4.29. The Balaban J connectivity index is 1.71. The van der Waals surface area contributed by atoms with Crippen molar-refractivity contribution in [1.29, 1.82) is 0 Å². The van der Waals surface area contributed by atoms with Crippen molar-refractivity contribution in [3.8, 4) is 0 Å². The minimum atomic E-state index is 0.0394. The predicted molar refractivity (Wildman–Crippen MR) is 117 cm³/mol. The molecule has 138 valence electrons. The standard InChI is InChI=1S/C24H20ClN3/c1-15-7-8-18(13-16(15)2)21-14-23(17-9-11-19(25)12-10-17)28-22-6-4-3-5-20(22)26-24(28)27-21/h3-14,23H,1-2H3,(H,26,27). The first-order chi connectivity index (χ1) is 13.6. The van der Waals surface area contributed by atoms with Gasteiger partial charge < -0.3 is 5.32 Å². The largest absolute Gasteiger partial charge is 0.325 e. The first-order valence-corrected chi connectivity index (χ1v) is 9.77. The number of rotatable bonds is 2. The van der Waals surface area contributed by atoms with Crippen molar-refractivity contribution in [2.75, 3.05) is 5.32 Å². The molecule has 1 atom stereocenters. The Kier molecular flexibility index (Phi) is 3.99. The SMILES string of the molecule is Cc1ccc(C2=CC(c3ccc(Cl)cc3)n3c(nc4ccccc43)N2)cc1C. The van der Waals surface area contributed by atoms with Crippen LogP contribution in [0.4, 0.5) is 5.95 Å². The Hall–Kier alpha value is -3.04. The molecule has 1 aromatic heterocycles. The highest BCUT2D eigenvalue weighted by atomic mass is 35.5. The summed E-state index contributed by atoms with van der Waals surface area (Å²) < 4.78 is 2.25. The highest BCUT2D eigenvalue weighted by Crippen LogP contribution is 2.37.